The van der Waals surface area contributed by atoms with Crippen LogP contribution in [0.15, 0.2) is 12.4 Å². The second-order valence-electron chi connectivity index (χ2n) is 5.44. The van der Waals surface area contributed by atoms with Gasteiger partial charge in [-0.3, -0.25) is 4.79 Å². The Balaban J connectivity index is 1.66. The first-order valence-electron chi connectivity index (χ1n) is 6.99. The highest BCUT2D eigenvalue weighted by Crippen LogP contribution is 2.25. The first-order valence-corrected chi connectivity index (χ1v) is 6.99. The Bertz CT molecular complexity index is 417. The van der Waals surface area contributed by atoms with Crippen molar-refractivity contribution < 1.29 is 9.53 Å². The van der Waals surface area contributed by atoms with Crippen LogP contribution in [0, 0.1) is 5.92 Å². The molecule has 0 saturated heterocycles. The number of rotatable bonds is 5. The maximum Gasteiger partial charge on any atom is 0.246 e. The molecule has 1 amide bonds. The van der Waals surface area contributed by atoms with Gasteiger partial charge in [-0.05, 0) is 18.8 Å². The van der Waals surface area contributed by atoms with Crippen molar-refractivity contribution in [3.63, 3.8) is 0 Å². The molecule has 1 heterocycles. The summed E-state index contributed by atoms with van der Waals surface area (Å²) in [6.07, 6.45) is 8.49. The summed E-state index contributed by atoms with van der Waals surface area (Å²) in [4.78, 5) is 15.9. The molecule has 1 fully saturated rings. The van der Waals surface area contributed by atoms with Gasteiger partial charge in [0.1, 0.15) is 12.4 Å². The number of aromatic nitrogens is 2. The van der Waals surface area contributed by atoms with E-state index in [-0.39, 0.29) is 18.6 Å². The largest absolute Gasteiger partial charge is 0.368 e. The minimum absolute atomic E-state index is 0.0683. The summed E-state index contributed by atoms with van der Waals surface area (Å²) < 4.78 is 7.57. The Kier molecular flexibility index (Phi) is 4.96. The molecule has 1 aliphatic carbocycles. The fourth-order valence-corrected chi connectivity index (χ4v) is 2.52. The molecule has 1 N–H and O–H groups in total. The minimum Gasteiger partial charge on any atom is -0.368 e. The number of ether oxygens (including phenoxy) is 1. The summed E-state index contributed by atoms with van der Waals surface area (Å²) in [5, 5.41) is 2.83. The number of hydrogen-bond donors (Lipinski definition) is 1. The lowest BCUT2D eigenvalue weighted by molar-refractivity contribution is -0.128. The third-order valence-corrected chi connectivity index (χ3v) is 3.70. The molecule has 1 saturated carbocycles. The zero-order valence-electron chi connectivity index (χ0n) is 11.8. The smallest absolute Gasteiger partial charge is 0.246 e. The van der Waals surface area contributed by atoms with Crippen LogP contribution in [0.4, 0.5) is 0 Å². The van der Waals surface area contributed by atoms with Crippen molar-refractivity contribution in [3.05, 3.63) is 18.2 Å². The average molecular weight is 265 g/mol. The summed E-state index contributed by atoms with van der Waals surface area (Å²) >= 11 is 0. The molecule has 5 heteroatoms. The van der Waals surface area contributed by atoms with Gasteiger partial charge < -0.3 is 14.6 Å². The van der Waals surface area contributed by atoms with Gasteiger partial charge in [-0.25, -0.2) is 4.98 Å². The van der Waals surface area contributed by atoms with Crippen molar-refractivity contribution in [2.24, 2.45) is 13.0 Å². The Morgan fingerprint density at radius 3 is 3.11 bits per heavy atom. The lowest BCUT2D eigenvalue weighted by Gasteiger charge is -2.26. The van der Waals surface area contributed by atoms with Crippen LogP contribution < -0.4 is 5.32 Å². The maximum atomic E-state index is 11.7. The molecule has 0 spiro atoms. The third-order valence-electron chi connectivity index (χ3n) is 3.70. The number of carbonyl (C=O) groups excluding carboxylic acids is 1. The number of aryl methyl sites for hydroxylation is 1. The van der Waals surface area contributed by atoms with Gasteiger partial charge in [-0.15, -0.1) is 0 Å². The van der Waals surface area contributed by atoms with Crippen LogP contribution in [-0.4, -0.2) is 28.2 Å². The molecule has 2 atom stereocenters. The van der Waals surface area contributed by atoms with Crippen molar-refractivity contribution >= 4 is 5.91 Å². The topological polar surface area (TPSA) is 56.1 Å². The highest BCUT2D eigenvalue weighted by atomic mass is 16.5. The van der Waals surface area contributed by atoms with E-state index in [1.807, 2.05) is 17.8 Å². The van der Waals surface area contributed by atoms with Gasteiger partial charge >= 0.3 is 0 Å². The SMILES string of the molecule is C[C@H]1CCC[C@H](OCC(=O)NCc2nccn2C)C1. The fourth-order valence-electron chi connectivity index (χ4n) is 2.52. The zero-order valence-corrected chi connectivity index (χ0v) is 11.8. The van der Waals surface area contributed by atoms with E-state index in [0.29, 0.717) is 6.54 Å². The lowest BCUT2D eigenvalue weighted by atomic mass is 9.89. The predicted molar refractivity (Wildman–Crippen MR) is 72.4 cm³/mol. The summed E-state index contributed by atoms with van der Waals surface area (Å²) in [6.45, 7) is 2.85. The van der Waals surface area contributed by atoms with Gasteiger partial charge in [0.2, 0.25) is 5.91 Å². The average Bonchev–Trinajstić information content (AvgIpc) is 2.80. The van der Waals surface area contributed by atoms with Crippen LogP contribution in [0.5, 0.6) is 0 Å². The molecule has 0 radical (unpaired) electrons. The van der Waals surface area contributed by atoms with Gasteiger partial charge in [-0.2, -0.15) is 0 Å². The lowest BCUT2D eigenvalue weighted by Crippen LogP contribution is -2.31. The first kappa shape index (κ1) is 14.1. The summed E-state index contributed by atoms with van der Waals surface area (Å²) in [6, 6.07) is 0. The van der Waals surface area contributed by atoms with Crippen LogP contribution in [0.2, 0.25) is 0 Å². The molecular weight excluding hydrogens is 242 g/mol. The monoisotopic (exact) mass is 265 g/mol. The fraction of sp³-hybridized carbons (Fsp3) is 0.714. The Labute approximate surface area is 114 Å². The van der Waals surface area contributed by atoms with Gasteiger partial charge in [0.25, 0.3) is 0 Å². The number of nitrogens with zero attached hydrogens (tertiary/aromatic N) is 2. The number of carbonyl (C=O) groups is 1. The molecule has 106 valence electrons. The van der Waals surface area contributed by atoms with Gasteiger partial charge in [0.15, 0.2) is 0 Å². The van der Waals surface area contributed by atoms with E-state index in [9.17, 15) is 4.79 Å². The van der Waals surface area contributed by atoms with E-state index in [1.165, 1.54) is 12.8 Å². The van der Waals surface area contributed by atoms with Crippen molar-refractivity contribution in [3.8, 4) is 0 Å². The van der Waals surface area contributed by atoms with Gasteiger partial charge in [0, 0.05) is 19.4 Å². The van der Waals surface area contributed by atoms with E-state index in [0.717, 1.165) is 24.6 Å². The van der Waals surface area contributed by atoms with Gasteiger partial charge in [-0.1, -0.05) is 19.8 Å². The minimum atomic E-state index is -0.0683. The third kappa shape index (κ3) is 4.35. The molecule has 19 heavy (non-hydrogen) atoms. The molecule has 1 aromatic rings. The highest BCUT2D eigenvalue weighted by molar-refractivity contribution is 5.77. The number of nitrogens with one attached hydrogen (secondary N) is 1. The molecule has 1 aliphatic rings. The predicted octanol–water partition coefficient (Wildman–Crippen LogP) is 1.63. The number of amides is 1. The van der Waals surface area contributed by atoms with Crippen molar-refractivity contribution in [2.75, 3.05) is 6.61 Å². The second kappa shape index (κ2) is 6.70. The second-order valence-corrected chi connectivity index (χ2v) is 5.44. The van der Waals surface area contributed by atoms with E-state index in [2.05, 4.69) is 17.2 Å². The van der Waals surface area contributed by atoms with E-state index < -0.39 is 0 Å². The molecule has 2 rings (SSSR count). The molecule has 0 unspecified atom stereocenters. The summed E-state index contributed by atoms with van der Waals surface area (Å²) in [5.41, 5.74) is 0. The number of hydrogen-bond acceptors (Lipinski definition) is 3. The van der Waals surface area contributed by atoms with E-state index in [4.69, 9.17) is 4.74 Å². The quantitative estimate of drug-likeness (QED) is 0.880. The Hall–Kier alpha value is -1.36. The molecule has 0 bridgehead atoms. The first-order chi connectivity index (χ1) is 9.15. The molecular formula is C14H23N3O2. The Morgan fingerprint density at radius 2 is 2.42 bits per heavy atom. The van der Waals surface area contributed by atoms with Crippen LogP contribution in [0.1, 0.15) is 38.4 Å². The normalized spacial score (nSPS) is 23.3. The molecule has 0 aromatic carbocycles. The Morgan fingerprint density at radius 1 is 1.58 bits per heavy atom. The van der Waals surface area contributed by atoms with E-state index in [1.54, 1.807) is 6.20 Å². The zero-order chi connectivity index (χ0) is 13.7. The van der Waals surface area contributed by atoms with Crippen LogP contribution in [0.3, 0.4) is 0 Å². The number of imidazole rings is 1. The molecule has 0 aliphatic heterocycles. The van der Waals surface area contributed by atoms with Crippen molar-refractivity contribution in [1.82, 2.24) is 14.9 Å². The van der Waals surface area contributed by atoms with Crippen molar-refractivity contribution in [1.29, 1.82) is 0 Å². The van der Waals surface area contributed by atoms with Crippen LogP contribution >= 0.6 is 0 Å². The standard InChI is InChI=1S/C14H23N3O2/c1-11-4-3-5-12(8-11)19-10-14(18)16-9-13-15-6-7-17(13)2/h6-7,11-12H,3-5,8-10H2,1-2H3,(H,16,18)/t11-,12-/m0/s1. The van der Waals surface area contributed by atoms with E-state index >= 15 is 0 Å². The summed E-state index contributed by atoms with van der Waals surface area (Å²) in [7, 11) is 1.91. The molecule has 1 aromatic heterocycles. The van der Waals surface area contributed by atoms with Crippen molar-refractivity contribution in [2.45, 2.75) is 45.3 Å². The maximum absolute atomic E-state index is 11.7. The molecule has 5 nitrogen and oxygen atoms in total. The van der Waals surface area contributed by atoms with Gasteiger partial charge in [0.05, 0.1) is 12.6 Å². The highest BCUT2D eigenvalue weighted by Gasteiger charge is 2.20. The summed E-state index contributed by atoms with van der Waals surface area (Å²) in [5.74, 6) is 1.50. The van der Waals surface area contributed by atoms with Crippen LogP contribution in [-0.2, 0) is 23.1 Å². The van der Waals surface area contributed by atoms with Crippen LogP contribution in [0.25, 0.3) is 0 Å².